The Morgan fingerprint density at radius 1 is 1.03 bits per heavy atom. The van der Waals surface area contributed by atoms with E-state index >= 15 is 0 Å². The number of hydrogen-bond acceptors (Lipinski definition) is 3. The van der Waals surface area contributed by atoms with Crippen LogP contribution in [0.15, 0.2) is 72.8 Å². The molecule has 6 rings (SSSR count). The van der Waals surface area contributed by atoms with Crippen molar-refractivity contribution in [2.75, 3.05) is 4.90 Å². The molecule has 1 saturated carbocycles. The topological polar surface area (TPSA) is 44.4 Å². The molecule has 3 aromatic carbocycles. The molecule has 1 aliphatic heterocycles. The minimum Gasteiger partial charge on any atom is -1.00 e. The molecule has 4 nitrogen and oxygen atoms in total. The number of carboxylic acids is 1. The van der Waals surface area contributed by atoms with Crippen LogP contribution >= 0.6 is 11.3 Å². The summed E-state index contributed by atoms with van der Waals surface area (Å²) in [6, 6.07) is 26.0. The normalized spacial score (nSPS) is 18.8. The van der Waals surface area contributed by atoms with Crippen LogP contribution in [0.3, 0.4) is 0 Å². The minimum atomic E-state index is -0.830. The van der Waals surface area contributed by atoms with Gasteiger partial charge in [0.05, 0.1) is 0 Å². The fraction of sp³-hybridized carbons (Fsp3) is 0.214. The number of fused-ring (bicyclic) bond motifs is 4. The molecule has 2 unspecified atom stereocenters. The molecular weight excluding hydrogens is 508 g/mol. The molecule has 172 valence electrons. The van der Waals surface area contributed by atoms with E-state index in [1.807, 2.05) is 28.8 Å². The molecule has 0 amide bonds. The number of carboxylic acid groups (broad SMARTS) is 1. The lowest BCUT2D eigenvalue weighted by atomic mass is 9.96. The lowest BCUT2D eigenvalue weighted by Crippen LogP contribution is -3.00. The molecule has 0 spiro atoms. The maximum atomic E-state index is 11.5. The smallest absolute Gasteiger partial charge is 0.370 e. The lowest BCUT2D eigenvalue weighted by molar-refractivity contribution is -0.657. The molecule has 1 N–H and O–H groups in total. The summed E-state index contributed by atoms with van der Waals surface area (Å²) >= 11 is 1.63. The van der Waals surface area contributed by atoms with Crippen molar-refractivity contribution in [3.63, 3.8) is 0 Å². The second kappa shape index (κ2) is 9.35. The van der Waals surface area contributed by atoms with Crippen LogP contribution in [0.1, 0.15) is 41.3 Å². The van der Waals surface area contributed by atoms with Crippen molar-refractivity contribution in [1.82, 2.24) is 0 Å². The molecule has 2 aliphatic rings. The van der Waals surface area contributed by atoms with Gasteiger partial charge in [0.25, 0.3) is 5.01 Å². The number of benzene rings is 3. The van der Waals surface area contributed by atoms with Gasteiger partial charge in [-0.25, -0.2) is 4.79 Å². The summed E-state index contributed by atoms with van der Waals surface area (Å²) in [5, 5.41) is 10.4. The number of aliphatic carboxylic acids is 1. The first-order valence-electron chi connectivity index (χ1n) is 11.5. The van der Waals surface area contributed by atoms with Crippen LogP contribution in [0, 0.1) is 0 Å². The molecule has 1 aromatic heterocycles. The number of carbonyl (C=O) groups is 1. The fourth-order valence-electron chi connectivity index (χ4n) is 5.55. The van der Waals surface area contributed by atoms with E-state index in [-0.39, 0.29) is 23.5 Å². The van der Waals surface area contributed by atoms with Crippen molar-refractivity contribution in [1.29, 1.82) is 0 Å². The van der Waals surface area contributed by atoms with Gasteiger partial charge in [0.2, 0.25) is 12.1 Å². The molecule has 1 aliphatic carbocycles. The summed E-state index contributed by atoms with van der Waals surface area (Å²) in [4.78, 5) is 14.0. The fourth-order valence-corrected chi connectivity index (χ4v) is 6.61. The predicted molar refractivity (Wildman–Crippen MR) is 134 cm³/mol. The molecule has 1 fully saturated rings. The summed E-state index contributed by atoms with van der Waals surface area (Å²) in [5.41, 5.74) is 6.17. The standard InChI is InChI=1S/C28H24N2O2S.BrH/c31-28(32)18-29-25-10-4-5-12-26(25)33-27(29)16-14-19-13-15-24-22(17-19)21-9-6-11-23(21)30(24)20-7-2-1-3-8-20;/h1-5,7-8,10,12-17,21,23H,6,9,11,18H2;1H. The number of halogens is 1. The number of hydrogen-bond donors (Lipinski definition) is 1. The molecule has 2 atom stereocenters. The van der Waals surface area contributed by atoms with Crippen LogP contribution < -0.4 is 26.4 Å². The van der Waals surface area contributed by atoms with Crippen molar-refractivity contribution in [3.8, 4) is 0 Å². The first-order valence-corrected chi connectivity index (χ1v) is 12.3. The molecule has 2 heterocycles. The Hall–Kier alpha value is -2.96. The van der Waals surface area contributed by atoms with Crippen LogP contribution in [0.2, 0.25) is 0 Å². The third-order valence-electron chi connectivity index (χ3n) is 6.90. The van der Waals surface area contributed by atoms with Gasteiger partial charge in [-0.1, -0.05) is 54.2 Å². The molecular formula is C28H25BrN2O2S. The Balaban J connectivity index is 0.00000241. The van der Waals surface area contributed by atoms with Gasteiger partial charge in [-0.3, -0.25) is 0 Å². The van der Waals surface area contributed by atoms with E-state index < -0.39 is 5.97 Å². The van der Waals surface area contributed by atoms with Gasteiger partial charge < -0.3 is 27.0 Å². The van der Waals surface area contributed by atoms with Crippen molar-refractivity contribution in [2.24, 2.45) is 0 Å². The van der Waals surface area contributed by atoms with Gasteiger partial charge >= 0.3 is 5.97 Å². The Bertz CT molecular complexity index is 1380. The van der Waals surface area contributed by atoms with E-state index in [1.54, 1.807) is 11.3 Å². The SMILES string of the molecule is O=C(O)C[n+]1c(/C=C/c2ccc3c(c2)C2CCCC2N3c2ccccc2)sc2ccccc21.[Br-]. The second-order valence-electron chi connectivity index (χ2n) is 8.85. The third-order valence-corrected chi connectivity index (χ3v) is 8.04. The lowest BCUT2D eigenvalue weighted by Gasteiger charge is -2.27. The molecule has 0 radical (unpaired) electrons. The van der Waals surface area contributed by atoms with Crippen molar-refractivity contribution >= 4 is 51.0 Å². The zero-order valence-electron chi connectivity index (χ0n) is 18.6. The van der Waals surface area contributed by atoms with E-state index in [0.29, 0.717) is 12.0 Å². The third kappa shape index (κ3) is 3.95. The Morgan fingerprint density at radius 3 is 2.65 bits per heavy atom. The van der Waals surface area contributed by atoms with Gasteiger partial charge in [0.15, 0.2) is 0 Å². The highest BCUT2D eigenvalue weighted by Gasteiger charge is 2.41. The quantitative estimate of drug-likeness (QED) is 0.401. The molecule has 6 heteroatoms. The number of nitrogens with zero attached hydrogens (tertiary/aromatic N) is 2. The largest absolute Gasteiger partial charge is 1.00 e. The number of thiazole rings is 1. The highest BCUT2D eigenvalue weighted by Crippen LogP contribution is 2.52. The van der Waals surface area contributed by atoms with Crippen molar-refractivity contribution in [2.45, 2.75) is 37.8 Å². The predicted octanol–water partition coefficient (Wildman–Crippen LogP) is 3.24. The molecule has 0 bridgehead atoms. The number of para-hydroxylation sites is 2. The Kier molecular flexibility index (Phi) is 6.28. The van der Waals surface area contributed by atoms with Crippen molar-refractivity contribution in [3.05, 3.63) is 88.9 Å². The van der Waals surface area contributed by atoms with Crippen LogP contribution in [0.4, 0.5) is 11.4 Å². The Labute approximate surface area is 213 Å². The minimum absolute atomic E-state index is 0. The van der Waals surface area contributed by atoms with Crippen LogP contribution in [-0.4, -0.2) is 17.1 Å². The summed E-state index contributed by atoms with van der Waals surface area (Å²) in [5.74, 6) is -0.251. The first kappa shape index (κ1) is 22.8. The highest BCUT2D eigenvalue weighted by molar-refractivity contribution is 7.18. The van der Waals surface area contributed by atoms with E-state index in [1.165, 1.54) is 36.2 Å². The van der Waals surface area contributed by atoms with Crippen LogP contribution in [-0.2, 0) is 11.3 Å². The van der Waals surface area contributed by atoms with Gasteiger partial charge in [-0.15, -0.1) is 0 Å². The van der Waals surface area contributed by atoms with E-state index in [2.05, 4.69) is 65.6 Å². The molecule has 0 saturated heterocycles. The van der Waals surface area contributed by atoms with Gasteiger partial charge in [0.1, 0.15) is 4.70 Å². The maximum Gasteiger partial charge on any atom is 0.370 e. The Morgan fingerprint density at radius 2 is 1.82 bits per heavy atom. The van der Waals surface area contributed by atoms with Gasteiger partial charge in [0, 0.05) is 35.5 Å². The maximum absolute atomic E-state index is 11.5. The molecule has 4 aromatic rings. The van der Waals surface area contributed by atoms with Gasteiger partial charge in [-0.2, -0.15) is 4.57 Å². The van der Waals surface area contributed by atoms with E-state index in [4.69, 9.17) is 0 Å². The zero-order valence-corrected chi connectivity index (χ0v) is 21.0. The average molecular weight is 533 g/mol. The van der Waals surface area contributed by atoms with Crippen molar-refractivity contribution < 1.29 is 31.4 Å². The van der Waals surface area contributed by atoms with E-state index in [9.17, 15) is 9.90 Å². The van der Waals surface area contributed by atoms with Gasteiger partial charge in [-0.05, 0) is 60.4 Å². The van der Waals surface area contributed by atoms with Crippen LogP contribution in [0.5, 0.6) is 0 Å². The zero-order chi connectivity index (χ0) is 22.4. The summed E-state index contributed by atoms with van der Waals surface area (Å²) < 4.78 is 2.98. The summed E-state index contributed by atoms with van der Waals surface area (Å²) in [6.07, 6.45) is 7.93. The number of anilines is 2. The second-order valence-corrected chi connectivity index (χ2v) is 9.91. The average Bonchev–Trinajstić information content (AvgIpc) is 3.51. The monoisotopic (exact) mass is 532 g/mol. The van der Waals surface area contributed by atoms with Crippen LogP contribution in [0.25, 0.3) is 22.4 Å². The first-order chi connectivity index (χ1) is 16.2. The number of aromatic nitrogens is 1. The summed E-state index contributed by atoms with van der Waals surface area (Å²) in [7, 11) is 0. The van der Waals surface area contributed by atoms with E-state index in [0.717, 1.165) is 20.8 Å². The number of rotatable bonds is 5. The highest BCUT2D eigenvalue weighted by atomic mass is 79.9. The summed E-state index contributed by atoms with van der Waals surface area (Å²) in [6.45, 7) is -0.0380. The molecule has 34 heavy (non-hydrogen) atoms.